The maximum atomic E-state index is 15.6. The molecule has 2 aromatic carbocycles. The number of halogens is 3. The molecule has 0 aliphatic rings. The van der Waals surface area contributed by atoms with Crippen molar-refractivity contribution in [1.82, 2.24) is 5.32 Å². The highest BCUT2D eigenvalue weighted by atomic mass is 19.1. The van der Waals surface area contributed by atoms with Gasteiger partial charge in [0.05, 0.1) is 16.8 Å². The fraction of sp³-hybridized carbons (Fsp3) is 0.414. The molecule has 39 heavy (non-hydrogen) atoms. The molecular weight excluding hydrogens is 511 g/mol. The summed E-state index contributed by atoms with van der Waals surface area (Å²) in [5.41, 5.74) is -3.96. The number of benzene rings is 2. The summed E-state index contributed by atoms with van der Waals surface area (Å²) < 4.78 is 51.8. The quantitative estimate of drug-likeness (QED) is 0.301. The highest BCUT2D eigenvalue weighted by molar-refractivity contribution is 6.03. The van der Waals surface area contributed by atoms with E-state index in [4.69, 9.17) is 4.42 Å². The molecule has 0 saturated carbocycles. The number of carbonyl (C=O) groups excluding carboxylic acids is 2. The van der Waals surface area contributed by atoms with Crippen LogP contribution in [0.1, 0.15) is 60.5 Å². The van der Waals surface area contributed by atoms with Gasteiger partial charge in [-0.15, -0.1) is 0 Å². The van der Waals surface area contributed by atoms with E-state index in [1.165, 1.54) is 12.1 Å². The molecule has 3 aromatic rings. The predicted octanol–water partition coefficient (Wildman–Crippen LogP) is 6.35. The van der Waals surface area contributed by atoms with Crippen LogP contribution in [0.2, 0.25) is 0 Å². The van der Waals surface area contributed by atoms with E-state index in [0.29, 0.717) is 13.0 Å². The van der Waals surface area contributed by atoms with Crippen LogP contribution in [0.4, 0.5) is 24.5 Å². The average Bonchev–Trinajstić information content (AvgIpc) is 2.83. The molecule has 10 heteroatoms. The van der Waals surface area contributed by atoms with E-state index in [1.54, 1.807) is 41.5 Å². The minimum absolute atomic E-state index is 0.0773. The Labute approximate surface area is 225 Å². The smallest absolute Gasteiger partial charge is 0.229 e. The molecule has 0 fully saturated rings. The van der Waals surface area contributed by atoms with Crippen LogP contribution < -0.4 is 21.4 Å². The Morgan fingerprint density at radius 2 is 1.51 bits per heavy atom. The van der Waals surface area contributed by atoms with Gasteiger partial charge >= 0.3 is 0 Å². The second-order valence-electron chi connectivity index (χ2n) is 11.4. The maximum Gasteiger partial charge on any atom is 0.229 e. The zero-order valence-corrected chi connectivity index (χ0v) is 23.2. The topological polar surface area (TPSA) is 100 Å². The van der Waals surface area contributed by atoms with Gasteiger partial charge in [-0.1, -0.05) is 48.5 Å². The standard InChI is InChI=1S/C29H34F3N3O4/c1-8-11-33-14-16-22(31)24(35-27(38)29(5,6)7)21-19(36)13-20(39-25(21)23(16)32)15-9-10-18(17(30)12-15)34-26(37)28(2,3)4/h9-10,12-13,33H,8,11,14H2,1-7H3,(H,34,37)(H,35,38). The van der Waals surface area contributed by atoms with Crippen molar-refractivity contribution in [2.24, 2.45) is 10.8 Å². The Balaban J connectivity index is 2.19. The normalized spacial score (nSPS) is 12.1. The van der Waals surface area contributed by atoms with Gasteiger partial charge in [-0.05, 0) is 31.2 Å². The summed E-state index contributed by atoms with van der Waals surface area (Å²) in [4.78, 5) is 38.1. The van der Waals surface area contributed by atoms with Gasteiger partial charge < -0.3 is 20.4 Å². The van der Waals surface area contributed by atoms with Crippen LogP contribution in [0.3, 0.4) is 0 Å². The maximum absolute atomic E-state index is 15.6. The summed E-state index contributed by atoms with van der Waals surface area (Å²) in [7, 11) is 0. The number of hydrogen-bond acceptors (Lipinski definition) is 5. The van der Waals surface area contributed by atoms with Gasteiger partial charge in [0.25, 0.3) is 0 Å². The van der Waals surface area contributed by atoms with Crippen LogP contribution in [-0.4, -0.2) is 18.4 Å². The monoisotopic (exact) mass is 545 g/mol. The molecule has 0 atom stereocenters. The van der Waals surface area contributed by atoms with E-state index < -0.39 is 67.7 Å². The van der Waals surface area contributed by atoms with Crippen LogP contribution >= 0.6 is 0 Å². The molecule has 3 rings (SSSR count). The molecule has 3 N–H and O–H groups in total. The number of nitrogens with one attached hydrogen (secondary N) is 3. The molecule has 210 valence electrons. The SMILES string of the molecule is CCCNCc1c(F)c(NC(=O)C(C)(C)C)c2c(=O)cc(-c3ccc(NC(=O)C(C)(C)C)c(F)c3)oc2c1F. The molecule has 0 spiro atoms. The Morgan fingerprint density at radius 3 is 2.08 bits per heavy atom. The summed E-state index contributed by atoms with van der Waals surface area (Å²) in [5.74, 6) is -4.13. The van der Waals surface area contributed by atoms with Crippen molar-refractivity contribution in [2.45, 2.75) is 61.4 Å². The van der Waals surface area contributed by atoms with Crippen LogP contribution in [-0.2, 0) is 16.1 Å². The first kappa shape index (κ1) is 29.9. The van der Waals surface area contributed by atoms with Crippen molar-refractivity contribution < 1.29 is 27.2 Å². The predicted molar refractivity (Wildman–Crippen MR) is 146 cm³/mol. The van der Waals surface area contributed by atoms with E-state index in [-0.39, 0.29) is 23.6 Å². The molecule has 7 nitrogen and oxygen atoms in total. The van der Waals surface area contributed by atoms with Gasteiger partial charge in [0.2, 0.25) is 11.8 Å². The number of amides is 2. The van der Waals surface area contributed by atoms with Gasteiger partial charge in [-0.25, -0.2) is 13.2 Å². The lowest BCUT2D eigenvalue weighted by Crippen LogP contribution is -2.29. The van der Waals surface area contributed by atoms with Crippen molar-refractivity contribution in [2.75, 3.05) is 17.2 Å². The van der Waals surface area contributed by atoms with E-state index >= 15 is 8.78 Å². The molecule has 0 radical (unpaired) electrons. The Morgan fingerprint density at radius 1 is 0.897 bits per heavy atom. The van der Waals surface area contributed by atoms with Gasteiger partial charge in [-0.2, -0.15) is 0 Å². The van der Waals surface area contributed by atoms with Crippen LogP contribution in [0, 0.1) is 28.3 Å². The fourth-order valence-corrected chi connectivity index (χ4v) is 3.56. The van der Waals surface area contributed by atoms with Gasteiger partial charge in [0, 0.05) is 34.6 Å². The Bertz CT molecular complexity index is 1480. The third-order valence-electron chi connectivity index (χ3n) is 5.98. The van der Waals surface area contributed by atoms with Crippen molar-refractivity contribution in [3.63, 3.8) is 0 Å². The number of fused-ring (bicyclic) bond motifs is 1. The summed E-state index contributed by atoms with van der Waals surface area (Å²) in [6.07, 6.45) is 0.710. The van der Waals surface area contributed by atoms with E-state index in [1.807, 2.05) is 6.92 Å². The lowest BCUT2D eigenvalue weighted by molar-refractivity contribution is -0.123. The first-order chi connectivity index (χ1) is 18.1. The van der Waals surface area contributed by atoms with Gasteiger partial charge in [-0.3, -0.25) is 14.4 Å². The van der Waals surface area contributed by atoms with Crippen molar-refractivity contribution >= 4 is 34.2 Å². The highest BCUT2D eigenvalue weighted by Crippen LogP contribution is 2.35. The fourth-order valence-electron chi connectivity index (χ4n) is 3.56. The molecule has 1 heterocycles. The molecule has 0 bridgehead atoms. The lowest BCUT2D eigenvalue weighted by atomic mass is 9.95. The van der Waals surface area contributed by atoms with Crippen LogP contribution in [0.5, 0.6) is 0 Å². The minimum Gasteiger partial charge on any atom is -0.453 e. The minimum atomic E-state index is -1.10. The Kier molecular flexibility index (Phi) is 8.60. The van der Waals surface area contributed by atoms with Crippen LogP contribution in [0.15, 0.2) is 33.5 Å². The van der Waals surface area contributed by atoms with Gasteiger partial charge in [0.1, 0.15) is 11.6 Å². The molecule has 2 amide bonds. The largest absolute Gasteiger partial charge is 0.453 e. The van der Waals surface area contributed by atoms with Crippen LogP contribution in [0.25, 0.3) is 22.3 Å². The van der Waals surface area contributed by atoms with E-state index in [2.05, 4.69) is 16.0 Å². The molecule has 0 unspecified atom stereocenters. The second kappa shape index (κ2) is 11.2. The summed E-state index contributed by atoms with van der Waals surface area (Å²) in [5, 5.41) is 7.37. The highest BCUT2D eigenvalue weighted by Gasteiger charge is 2.29. The number of carbonyl (C=O) groups is 2. The number of rotatable bonds is 7. The molecular formula is C29H34F3N3O4. The lowest BCUT2D eigenvalue weighted by Gasteiger charge is -2.20. The molecule has 0 saturated heterocycles. The first-order valence-electron chi connectivity index (χ1n) is 12.7. The zero-order valence-electron chi connectivity index (χ0n) is 23.2. The molecule has 0 aliphatic heterocycles. The Hall–Kier alpha value is -3.66. The first-order valence-corrected chi connectivity index (χ1v) is 12.7. The van der Waals surface area contributed by atoms with Crippen molar-refractivity contribution in [3.05, 3.63) is 57.5 Å². The molecule has 1 aromatic heterocycles. The zero-order chi connectivity index (χ0) is 29.3. The summed E-state index contributed by atoms with van der Waals surface area (Å²) in [6, 6.07) is 4.72. The average molecular weight is 546 g/mol. The van der Waals surface area contributed by atoms with Crippen molar-refractivity contribution in [1.29, 1.82) is 0 Å². The number of hydrogen-bond donors (Lipinski definition) is 3. The summed E-state index contributed by atoms with van der Waals surface area (Å²) >= 11 is 0. The second-order valence-corrected chi connectivity index (χ2v) is 11.4. The third-order valence-corrected chi connectivity index (χ3v) is 5.98. The summed E-state index contributed by atoms with van der Waals surface area (Å²) in [6.45, 7) is 12.0. The van der Waals surface area contributed by atoms with Gasteiger partial charge in [0.15, 0.2) is 22.6 Å². The number of anilines is 2. The van der Waals surface area contributed by atoms with E-state index in [0.717, 1.165) is 12.1 Å². The van der Waals surface area contributed by atoms with E-state index in [9.17, 15) is 18.8 Å². The molecule has 0 aliphatic carbocycles. The van der Waals surface area contributed by atoms with Crippen molar-refractivity contribution in [3.8, 4) is 11.3 Å². The third kappa shape index (κ3) is 6.50.